The van der Waals surface area contributed by atoms with E-state index in [0.717, 1.165) is 19.4 Å². The fourth-order valence-electron chi connectivity index (χ4n) is 2.89. The van der Waals surface area contributed by atoms with E-state index in [1.165, 1.54) is 7.11 Å². The average molecular weight is 240 g/mol. The summed E-state index contributed by atoms with van der Waals surface area (Å²) in [5.41, 5.74) is -0.738. The topological polar surface area (TPSA) is 58.6 Å². The number of amides is 1. The van der Waals surface area contributed by atoms with Gasteiger partial charge in [-0.1, -0.05) is 0 Å². The maximum atomic E-state index is 11.8. The predicted molar refractivity (Wildman–Crippen MR) is 62.4 cm³/mol. The summed E-state index contributed by atoms with van der Waals surface area (Å²) >= 11 is 0. The molecule has 0 aromatic heterocycles. The highest BCUT2D eigenvalue weighted by Gasteiger charge is 2.45. The largest absolute Gasteiger partial charge is 0.468 e. The standard InChI is InChI=1S/C12H20N2O3/c1-12(2,11(16)17-3)13-8-7-10(15)14-6-4-5-9(8)14/h8-9,13H,4-7H2,1-3H3. The van der Waals surface area contributed by atoms with Crippen molar-refractivity contribution in [3.63, 3.8) is 0 Å². The molecule has 2 aliphatic heterocycles. The van der Waals surface area contributed by atoms with Crippen LogP contribution in [0.3, 0.4) is 0 Å². The third kappa shape index (κ3) is 2.16. The van der Waals surface area contributed by atoms with Crippen molar-refractivity contribution in [1.29, 1.82) is 0 Å². The van der Waals surface area contributed by atoms with Crippen molar-refractivity contribution in [2.75, 3.05) is 13.7 Å². The minimum absolute atomic E-state index is 0.0686. The van der Waals surface area contributed by atoms with Crippen molar-refractivity contribution in [1.82, 2.24) is 10.2 Å². The van der Waals surface area contributed by atoms with Crippen LogP contribution in [-0.4, -0.2) is 48.1 Å². The fourth-order valence-corrected chi connectivity index (χ4v) is 2.89. The van der Waals surface area contributed by atoms with Gasteiger partial charge in [-0.05, 0) is 26.7 Å². The monoisotopic (exact) mass is 240 g/mol. The van der Waals surface area contributed by atoms with E-state index in [4.69, 9.17) is 4.74 Å². The highest BCUT2D eigenvalue weighted by Crippen LogP contribution is 2.30. The predicted octanol–water partition coefficient (Wildman–Crippen LogP) is 0.291. The first-order valence-electron chi connectivity index (χ1n) is 6.11. The van der Waals surface area contributed by atoms with Crippen LogP contribution in [0.2, 0.25) is 0 Å². The summed E-state index contributed by atoms with van der Waals surface area (Å²) < 4.78 is 4.76. The van der Waals surface area contributed by atoms with Gasteiger partial charge in [0.2, 0.25) is 5.91 Å². The van der Waals surface area contributed by atoms with Crippen molar-refractivity contribution >= 4 is 11.9 Å². The summed E-state index contributed by atoms with van der Waals surface area (Å²) in [5.74, 6) is -0.0907. The van der Waals surface area contributed by atoms with Crippen LogP contribution in [0.4, 0.5) is 0 Å². The summed E-state index contributed by atoms with van der Waals surface area (Å²) in [5, 5.41) is 3.27. The second-order valence-electron chi connectivity index (χ2n) is 5.37. The summed E-state index contributed by atoms with van der Waals surface area (Å²) in [6.07, 6.45) is 2.58. The van der Waals surface area contributed by atoms with Crippen LogP contribution in [0.25, 0.3) is 0 Å². The van der Waals surface area contributed by atoms with Crippen LogP contribution in [0.1, 0.15) is 33.1 Å². The Labute approximate surface area is 101 Å². The number of hydrogen-bond donors (Lipinski definition) is 1. The zero-order chi connectivity index (χ0) is 12.6. The lowest BCUT2D eigenvalue weighted by Gasteiger charge is -2.30. The lowest BCUT2D eigenvalue weighted by molar-refractivity contribution is -0.147. The van der Waals surface area contributed by atoms with Crippen LogP contribution in [0.15, 0.2) is 0 Å². The van der Waals surface area contributed by atoms with Crippen LogP contribution >= 0.6 is 0 Å². The summed E-state index contributed by atoms with van der Waals surface area (Å²) in [6.45, 7) is 4.45. The molecule has 2 rings (SSSR count). The van der Waals surface area contributed by atoms with Gasteiger partial charge >= 0.3 is 5.97 Å². The van der Waals surface area contributed by atoms with Gasteiger partial charge < -0.3 is 9.64 Å². The second kappa shape index (κ2) is 4.29. The van der Waals surface area contributed by atoms with E-state index >= 15 is 0 Å². The maximum absolute atomic E-state index is 11.8. The molecule has 0 aliphatic carbocycles. The minimum Gasteiger partial charge on any atom is -0.468 e. The molecule has 1 N–H and O–H groups in total. The highest BCUT2D eigenvalue weighted by atomic mass is 16.5. The van der Waals surface area contributed by atoms with Crippen LogP contribution in [0, 0.1) is 0 Å². The first kappa shape index (κ1) is 12.4. The Balaban J connectivity index is 2.04. The van der Waals surface area contributed by atoms with Crippen molar-refractivity contribution in [2.45, 2.75) is 50.7 Å². The molecule has 0 spiro atoms. The number of ether oxygens (including phenoxy) is 1. The third-order valence-electron chi connectivity index (χ3n) is 3.72. The van der Waals surface area contributed by atoms with E-state index in [1.807, 2.05) is 4.90 Å². The summed E-state index contributed by atoms with van der Waals surface area (Å²) in [4.78, 5) is 25.3. The van der Waals surface area contributed by atoms with Gasteiger partial charge in [-0.3, -0.25) is 14.9 Å². The first-order chi connectivity index (χ1) is 7.95. The Morgan fingerprint density at radius 3 is 2.88 bits per heavy atom. The van der Waals surface area contributed by atoms with E-state index < -0.39 is 5.54 Å². The van der Waals surface area contributed by atoms with Gasteiger partial charge in [0.15, 0.2) is 0 Å². The quantitative estimate of drug-likeness (QED) is 0.720. The van der Waals surface area contributed by atoms with E-state index in [2.05, 4.69) is 5.32 Å². The SMILES string of the molecule is COC(=O)C(C)(C)NC1CC(=O)N2CCCC12. The van der Waals surface area contributed by atoms with Gasteiger partial charge in [0.1, 0.15) is 5.54 Å². The number of rotatable bonds is 3. The maximum Gasteiger partial charge on any atom is 0.325 e. The van der Waals surface area contributed by atoms with Gasteiger partial charge in [-0.25, -0.2) is 0 Å². The number of carbonyl (C=O) groups is 2. The van der Waals surface area contributed by atoms with Crippen molar-refractivity contribution in [2.24, 2.45) is 0 Å². The molecule has 0 aromatic carbocycles. The van der Waals surface area contributed by atoms with E-state index in [1.54, 1.807) is 13.8 Å². The molecule has 1 amide bonds. The van der Waals surface area contributed by atoms with Gasteiger partial charge in [-0.2, -0.15) is 0 Å². The zero-order valence-electron chi connectivity index (χ0n) is 10.7. The molecule has 2 saturated heterocycles. The second-order valence-corrected chi connectivity index (χ2v) is 5.37. The van der Waals surface area contributed by atoms with Crippen molar-refractivity contribution < 1.29 is 14.3 Å². The van der Waals surface area contributed by atoms with Crippen molar-refractivity contribution in [3.05, 3.63) is 0 Å². The van der Waals surface area contributed by atoms with Gasteiger partial charge in [0, 0.05) is 25.0 Å². The fraction of sp³-hybridized carbons (Fsp3) is 0.833. The molecular weight excluding hydrogens is 220 g/mol. The van der Waals surface area contributed by atoms with Crippen LogP contribution < -0.4 is 5.32 Å². The summed E-state index contributed by atoms with van der Waals surface area (Å²) in [6, 6.07) is 0.325. The molecule has 0 bridgehead atoms. The molecule has 5 heteroatoms. The zero-order valence-corrected chi connectivity index (χ0v) is 10.7. The number of carbonyl (C=O) groups excluding carboxylic acids is 2. The van der Waals surface area contributed by atoms with Gasteiger partial charge in [-0.15, -0.1) is 0 Å². The van der Waals surface area contributed by atoms with Gasteiger partial charge in [0.25, 0.3) is 0 Å². The molecule has 5 nitrogen and oxygen atoms in total. The molecule has 2 atom stereocenters. The highest BCUT2D eigenvalue weighted by molar-refractivity contribution is 5.82. The Kier molecular flexibility index (Phi) is 3.12. The molecule has 2 unspecified atom stereocenters. The molecule has 2 heterocycles. The van der Waals surface area contributed by atoms with Crippen molar-refractivity contribution in [3.8, 4) is 0 Å². The Bertz CT molecular complexity index is 341. The summed E-state index contributed by atoms with van der Waals surface area (Å²) in [7, 11) is 1.38. The lowest BCUT2D eigenvalue weighted by atomic mass is 9.99. The first-order valence-corrected chi connectivity index (χ1v) is 6.11. The lowest BCUT2D eigenvalue weighted by Crippen LogP contribution is -2.54. The Morgan fingerprint density at radius 1 is 1.53 bits per heavy atom. The van der Waals surface area contributed by atoms with Gasteiger partial charge in [0.05, 0.1) is 7.11 Å². The molecule has 17 heavy (non-hydrogen) atoms. The van der Waals surface area contributed by atoms with E-state index in [9.17, 15) is 9.59 Å². The minimum atomic E-state index is -0.738. The Morgan fingerprint density at radius 2 is 2.24 bits per heavy atom. The molecular formula is C12H20N2O3. The molecule has 2 aliphatic rings. The normalized spacial score (nSPS) is 28.4. The third-order valence-corrected chi connectivity index (χ3v) is 3.72. The molecule has 2 fully saturated rings. The number of hydrogen-bond acceptors (Lipinski definition) is 4. The molecule has 0 radical (unpaired) electrons. The molecule has 96 valence electrons. The number of methoxy groups -OCH3 is 1. The number of esters is 1. The Hall–Kier alpha value is -1.10. The number of nitrogens with zero attached hydrogens (tertiary/aromatic N) is 1. The van der Waals surface area contributed by atoms with E-state index in [-0.39, 0.29) is 24.0 Å². The van der Waals surface area contributed by atoms with Crippen LogP contribution in [0.5, 0.6) is 0 Å². The molecule has 0 saturated carbocycles. The number of fused-ring (bicyclic) bond motifs is 1. The molecule has 0 aromatic rings. The van der Waals surface area contributed by atoms with E-state index in [0.29, 0.717) is 6.42 Å². The van der Waals surface area contributed by atoms with Crippen LogP contribution in [-0.2, 0) is 14.3 Å². The average Bonchev–Trinajstić information content (AvgIpc) is 2.83. The smallest absolute Gasteiger partial charge is 0.325 e. The number of nitrogens with one attached hydrogen (secondary N) is 1.